The summed E-state index contributed by atoms with van der Waals surface area (Å²) in [4.78, 5) is 24.4. The number of hydrogen-bond donors (Lipinski definition) is 2. The molecule has 0 fully saturated rings. The largest absolute Gasteiger partial charge is 0.391 e. The summed E-state index contributed by atoms with van der Waals surface area (Å²) in [5, 5.41) is 12.2. The predicted octanol–water partition coefficient (Wildman–Crippen LogP) is 0.825. The van der Waals surface area contributed by atoms with Crippen LogP contribution in [0, 0.1) is 0 Å². The van der Waals surface area contributed by atoms with Gasteiger partial charge in [-0.25, -0.2) is 23.9 Å². The maximum Gasteiger partial charge on any atom is 0.352 e. The first kappa shape index (κ1) is 14.1. The highest BCUT2D eigenvalue weighted by Crippen LogP contribution is 2.16. The minimum absolute atomic E-state index is 0.476. The van der Waals surface area contributed by atoms with Crippen molar-refractivity contribution < 1.29 is 5.11 Å². The van der Waals surface area contributed by atoms with Crippen LogP contribution in [-0.4, -0.2) is 25.6 Å². The molecule has 1 aromatic heterocycles. The molecule has 6 heteroatoms. The van der Waals surface area contributed by atoms with Crippen LogP contribution in [0.5, 0.6) is 0 Å². The van der Waals surface area contributed by atoms with Crippen LogP contribution in [0.25, 0.3) is 5.69 Å². The van der Waals surface area contributed by atoms with E-state index in [0.717, 1.165) is 9.25 Å². The summed E-state index contributed by atoms with van der Waals surface area (Å²) in [5.74, 6) is 0. The Morgan fingerprint density at radius 1 is 1.30 bits per heavy atom. The fourth-order valence-corrected chi connectivity index (χ4v) is 2.24. The topological polar surface area (TPSA) is 80.0 Å². The highest BCUT2D eigenvalue weighted by atomic mass is 16.3. The van der Waals surface area contributed by atoms with Crippen molar-refractivity contribution in [2.24, 2.45) is 0 Å². The lowest BCUT2D eigenvalue weighted by atomic mass is 10.1. The monoisotopic (exact) mass is 275 g/mol. The average molecular weight is 275 g/mol. The van der Waals surface area contributed by atoms with Crippen molar-refractivity contribution in [3.8, 4) is 5.69 Å². The molecule has 0 spiro atoms. The number of nitrogens with one attached hydrogen (secondary N) is 1. The van der Waals surface area contributed by atoms with Crippen molar-refractivity contribution >= 4 is 0 Å². The van der Waals surface area contributed by atoms with E-state index in [2.05, 4.69) is 11.7 Å². The molecule has 2 rings (SSSR count). The van der Waals surface area contributed by atoms with Gasteiger partial charge in [0.2, 0.25) is 0 Å². The second-order valence-electron chi connectivity index (χ2n) is 4.77. The van der Waals surface area contributed by atoms with E-state index >= 15 is 0 Å². The zero-order valence-electron chi connectivity index (χ0n) is 11.4. The Labute approximate surface area is 115 Å². The lowest BCUT2D eigenvalue weighted by Gasteiger charge is -2.19. The van der Waals surface area contributed by atoms with Gasteiger partial charge in [-0.3, -0.25) is 0 Å². The molecule has 2 N–H and O–H groups in total. The van der Waals surface area contributed by atoms with Gasteiger partial charge in [0.25, 0.3) is 0 Å². The molecule has 2 atom stereocenters. The SMILES string of the molecule is C=C(C)[C@H]([C@@H](C)O)n1[nH]c(=O)n(-c2ccccc2)c1=O. The molecule has 0 aliphatic carbocycles. The molecular weight excluding hydrogens is 258 g/mol. The minimum atomic E-state index is -0.840. The summed E-state index contributed by atoms with van der Waals surface area (Å²) in [7, 11) is 0. The highest BCUT2D eigenvalue weighted by molar-refractivity contribution is 5.30. The van der Waals surface area contributed by atoms with Gasteiger partial charge in [0.1, 0.15) is 6.04 Å². The molecular formula is C14H17N3O3. The first-order chi connectivity index (χ1) is 9.43. The Bertz CT molecular complexity index is 722. The van der Waals surface area contributed by atoms with Crippen molar-refractivity contribution in [1.29, 1.82) is 0 Å². The Hall–Kier alpha value is -2.34. The number of aromatic amines is 1. The summed E-state index contributed by atoms with van der Waals surface area (Å²) >= 11 is 0. The van der Waals surface area contributed by atoms with Crippen molar-refractivity contribution in [2.45, 2.75) is 26.0 Å². The first-order valence-corrected chi connectivity index (χ1v) is 6.26. The number of hydrogen-bond acceptors (Lipinski definition) is 3. The van der Waals surface area contributed by atoms with Crippen LogP contribution in [0.4, 0.5) is 0 Å². The van der Waals surface area contributed by atoms with E-state index in [1.165, 1.54) is 0 Å². The van der Waals surface area contributed by atoms with E-state index < -0.39 is 23.5 Å². The van der Waals surface area contributed by atoms with Crippen LogP contribution >= 0.6 is 0 Å². The average Bonchev–Trinajstić information content (AvgIpc) is 2.65. The smallest absolute Gasteiger partial charge is 0.352 e. The third-order valence-corrected chi connectivity index (χ3v) is 3.07. The number of para-hydroxylation sites is 1. The molecule has 0 bridgehead atoms. The standard InChI is InChI=1S/C14H17N3O3/c1-9(2)12(10(3)18)17-14(20)16(13(19)15-17)11-7-5-4-6-8-11/h4-8,10,12,18H,1H2,2-3H3,(H,15,19)/t10-,12-/m1/s1. The van der Waals surface area contributed by atoms with E-state index in [4.69, 9.17) is 0 Å². The van der Waals surface area contributed by atoms with E-state index in [-0.39, 0.29) is 0 Å². The van der Waals surface area contributed by atoms with Gasteiger partial charge in [-0.1, -0.05) is 30.4 Å². The summed E-state index contributed by atoms with van der Waals surface area (Å²) in [5.41, 5.74) is -0.0182. The quantitative estimate of drug-likeness (QED) is 0.811. The zero-order chi connectivity index (χ0) is 14.9. The van der Waals surface area contributed by atoms with Crippen LogP contribution in [-0.2, 0) is 0 Å². The van der Waals surface area contributed by atoms with Gasteiger partial charge in [-0.15, -0.1) is 0 Å². The summed E-state index contributed by atoms with van der Waals surface area (Å²) in [6.07, 6.45) is -0.840. The van der Waals surface area contributed by atoms with Gasteiger partial charge in [0, 0.05) is 0 Å². The number of aliphatic hydroxyl groups is 1. The Balaban J connectivity index is 2.64. The van der Waals surface area contributed by atoms with Crippen molar-refractivity contribution in [2.75, 3.05) is 0 Å². The normalized spacial score (nSPS) is 13.9. The fourth-order valence-electron chi connectivity index (χ4n) is 2.24. The van der Waals surface area contributed by atoms with E-state index in [1.54, 1.807) is 44.2 Å². The lowest BCUT2D eigenvalue weighted by molar-refractivity contribution is 0.138. The second-order valence-corrected chi connectivity index (χ2v) is 4.77. The molecule has 0 saturated carbocycles. The molecule has 1 heterocycles. The van der Waals surface area contributed by atoms with Crippen molar-refractivity contribution in [3.63, 3.8) is 0 Å². The fraction of sp³-hybridized carbons (Fsp3) is 0.286. The molecule has 2 aromatic rings. The second kappa shape index (κ2) is 5.34. The molecule has 0 saturated heterocycles. The van der Waals surface area contributed by atoms with E-state index in [9.17, 15) is 14.7 Å². The Morgan fingerprint density at radius 3 is 2.40 bits per heavy atom. The predicted molar refractivity (Wildman–Crippen MR) is 76.2 cm³/mol. The summed E-state index contributed by atoms with van der Waals surface area (Å²) in [6.45, 7) is 7.00. The molecule has 0 aliphatic heterocycles. The van der Waals surface area contributed by atoms with Gasteiger partial charge in [-0.2, -0.15) is 0 Å². The third-order valence-electron chi connectivity index (χ3n) is 3.07. The van der Waals surface area contributed by atoms with Gasteiger partial charge in [-0.05, 0) is 26.0 Å². The number of aliphatic hydroxyl groups excluding tert-OH is 1. The summed E-state index contributed by atoms with van der Waals surface area (Å²) < 4.78 is 2.14. The van der Waals surface area contributed by atoms with Gasteiger partial charge in [0.05, 0.1) is 11.8 Å². The third kappa shape index (κ3) is 2.37. The van der Waals surface area contributed by atoms with Gasteiger partial charge >= 0.3 is 11.4 Å². The number of nitrogens with zero attached hydrogens (tertiary/aromatic N) is 2. The molecule has 0 radical (unpaired) electrons. The Kier molecular flexibility index (Phi) is 3.76. The molecule has 0 amide bonds. The minimum Gasteiger partial charge on any atom is -0.391 e. The maximum absolute atomic E-state index is 12.4. The molecule has 20 heavy (non-hydrogen) atoms. The van der Waals surface area contributed by atoms with Crippen LogP contribution < -0.4 is 11.4 Å². The molecule has 106 valence electrons. The van der Waals surface area contributed by atoms with Crippen LogP contribution in [0.3, 0.4) is 0 Å². The van der Waals surface area contributed by atoms with Gasteiger partial charge in [0.15, 0.2) is 0 Å². The number of benzene rings is 1. The molecule has 0 aliphatic rings. The van der Waals surface area contributed by atoms with Crippen LogP contribution in [0.15, 0.2) is 52.1 Å². The highest BCUT2D eigenvalue weighted by Gasteiger charge is 2.23. The van der Waals surface area contributed by atoms with E-state index in [1.807, 2.05) is 0 Å². The molecule has 0 unspecified atom stereocenters. The molecule has 6 nitrogen and oxygen atoms in total. The zero-order valence-corrected chi connectivity index (χ0v) is 11.4. The number of H-pyrrole nitrogens is 1. The Morgan fingerprint density at radius 2 is 1.90 bits per heavy atom. The number of aromatic nitrogens is 3. The number of rotatable bonds is 4. The van der Waals surface area contributed by atoms with E-state index in [0.29, 0.717) is 11.3 Å². The van der Waals surface area contributed by atoms with Gasteiger partial charge < -0.3 is 5.11 Å². The van der Waals surface area contributed by atoms with Crippen molar-refractivity contribution in [3.05, 3.63) is 63.5 Å². The van der Waals surface area contributed by atoms with Crippen LogP contribution in [0.1, 0.15) is 19.9 Å². The van der Waals surface area contributed by atoms with Crippen molar-refractivity contribution in [1.82, 2.24) is 14.3 Å². The molecule has 1 aromatic carbocycles. The maximum atomic E-state index is 12.4. The van der Waals surface area contributed by atoms with Crippen LogP contribution in [0.2, 0.25) is 0 Å². The first-order valence-electron chi connectivity index (χ1n) is 6.26. The lowest BCUT2D eigenvalue weighted by Crippen LogP contribution is -2.33. The summed E-state index contributed by atoms with van der Waals surface area (Å²) in [6, 6.07) is 7.94.